The minimum absolute atomic E-state index is 0.0352. The molecule has 0 aromatic heterocycles. The first-order valence-corrected chi connectivity index (χ1v) is 6.41. The average Bonchev–Trinajstić information content (AvgIpc) is 2.83. The number of nitrogens with one attached hydrogen (secondary N) is 1. The van der Waals surface area contributed by atoms with Crippen molar-refractivity contribution in [2.75, 3.05) is 17.7 Å². The molecule has 0 aliphatic carbocycles. The molecule has 1 fully saturated rings. The van der Waals surface area contributed by atoms with Crippen molar-refractivity contribution in [2.45, 2.75) is 32.8 Å². The van der Waals surface area contributed by atoms with E-state index in [4.69, 9.17) is 10.5 Å². The van der Waals surface area contributed by atoms with Gasteiger partial charge in [-0.15, -0.1) is 0 Å². The molecule has 0 spiro atoms. The molecule has 1 aromatic carbocycles. The highest BCUT2D eigenvalue weighted by Gasteiger charge is 2.32. The first kappa shape index (κ1) is 12.9. The van der Waals surface area contributed by atoms with Crippen molar-refractivity contribution in [3.63, 3.8) is 0 Å². The number of amides is 1. The van der Waals surface area contributed by atoms with Gasteiger partial charge in [0.15, 0.2) is 0 Å². The summed E-state index contributed by atoms with van der Waals surface area (Å²) in [6.45, 7) is 4.63. The Morgan fingerprint density at radius 2 is 2.33 bits per heavy atom. The molecule has 2 rings (SSSR count). The van der Waals surface area contributed by atoms with Crippen molar-refractivity contribution >= 4 is 17.3 Å². The van der Waals surface area contributed by atoms with E-state index in [2.05, 4.69) is 5.32 Å². The lowest BCUT2D eigenvalue weighted by molar-refractivity contribution is -0.121. The Bertz CT molecular complexity index is 445. The van der Waals surface area contributed by atoms with Crippen molar-refractivity contribution in [2.24, 2.45) is 5.92 Å². The zero-order chi connectivity index (χ0) is 13.1. The number of benzene rings is 1. The molecule has 2 atom stereocenters. The molecule has 0 saturated carbocycles. The Kier molecular flexibility index (Phi) is 3.87. The third-order valence-corrected chi connectivity index (χ3v) is 3.58. The Morgan fingerprint density at radius 1 is 1.56 bits per heavy atom. The van der Waals surface area contributed by atoms with E-state index in [-0.39, 0.29) is 17.9 Å². The van der Waals surface area contributed by atoms with Crippen LogP contribution in [0.25, 0.3) is 0 Å². The highest BCUT2D eigenvalue weighted by Crippen LogP contribution is 2.26. The minimum atomic E-state index is -0.0455. The Balaban J connectivity index is 2.09. The molecule has 1 aliphatic rings. The van der Waals surface area contributed by atoms with E-state index in [9.17, 15) is 4.79 Å². The fourth-order valence-electron chi connectivity index (χ4n) is 2.37. The van der Waals surface area contributed by atoms with Crippen LogP contribution < -0.4 is 11.1 Å². The van der Waals surface area contributed by atoms with Gasteiger partial charge in [0, 0.05) is 18.0 Å². The lowest BCUT2D eigenvalue weighted by Crippen LogP contribution is -2.29. The van der Waals surface area contributed by atoms with Gasteiger partial charge in [0.2, 0.25) is 5.91 Å². The predicted molar refractivity (Wildman–Crippen MR) is 72.4 cm³/mol. The van der Waals surface area contributed by atoms with Crippen LogP contribution in [0.3, 0.4) is 0 Å². The van der Waals surface area contributed by atoms with Crippen LogP contribution in [-0.4, -0.2) is 18.6 Å². The van der Waals surface area contributed by atoms with Crippen molar-refractivity contribution in [1.82, 2.24) is 0 Å². The molecule has 98 valence electrons. The van der Waals surface area contributed by atoms with Crippen LogP contribution in [0.4, 0.5) is 11.4 Å². The molecule has 4 heteroatoms. The number of nitrogens with two attached hydrogens (primary N) is 1. The van der Waals surface area contributed by atoms with Crippen LogP contribution in [0, 0.1) is 12.8 Å². The van der Waals surface area contributed by atoms with E-state index in [1.807, 2.05) is 32.0 Å². The van der Waals surface area contributed by atoms with Crippen molar-refractivity contribution < 1.29 is 9.53 Å². The van der Waals surface area contributed by atoms with Gasteiger partial charge in [0.25, 0.3) is 0 Å². The number of nitrogen functional groups attached to an aromatic ring is 1. The van der Waals surface area contributed by atoms with Crippen molar-refractivity contribution in [1.29, 1.82) is 0 Å². The van der Waals surface area contributed by atoms with Gasteiger partial charge in [0.05, 0.1) is 12.0 Å². The number of hydrogen-bond donors (Lipinski definition) is 2. The first-order chi connectivity index (χ1) is 8.63. The lowest BCUT2D eigenvalue weighted by Gasteiger charge is -2.17. The summed E-state index contributed by atoms with van der Waals surface area (Å²) in [6, 6.07) is 5.55. The third-order valence-electron chi connectivity index (χ3n) is 3.58. The van der Waals surface area contributed by atoms with E-state index in [1.54, 1.807) is 0 Å². The average molecular weight is 248 g/mol. The largest absolute Gasteiger partial charge is 0.398 e. The summed E-state index contributed by atoms with van der Waals surface area (Å²) >= 11 is 0. The summed E-state index contributed by atoms with van der Waals surface area (Å²) in [5.74, 6) is -0.0103. The summed E-state index contributed by atoms with van der Waals surface area (Å²) in [6.07, 6.45) is 1.71. The predicted octanol–water partition coefficient (Wildman–Crippen LogP) is 2.33. The van der Waals surface area contributed by atoms with E-state index >= 15 is 0 Å². The number of ether oxygens (including phenoxy) is 1. The summed E-state index contributed by atoms with van der Waals surface area (Å²) < 4.78 is 5.54. The fourth-order valence-corrected chi connectivity index (χ4v) is 2.37. The molecule has 2 unspecified atom stereocenters. The highest BCUT2D eigenvalue weighted by molar-refractivity contribution is 5.94. The van der Waals surface area contributed by atoms with Gasteiger partial charge in [-0.1, -0.05) is 13.0 Å². The normalized spacial score (nSPS) is 23.0. The van der Waals surface area contributed by atoms with Gasteiger partial charge in [-0.05, 0) is 37.5 Å². The summed E-state index contributed by atoms with van der Waals surface area (Å²) in [7, 11) is 0. The zero-order valence-electron chi connectivity index (χ0n) is 10.9. The molecule has 0 radical (unpaired) electrons. The van der Waals surface area contributed by atoms with Crippen molar-refractivity contribution in [3.05, 3.63) is 23.8 Å². The second-order valence-corrected chi connectivity index (χ2v) is 4.72. The van der Waals surface area contributed by atoms with E-state index < -0.39 is 0 Å². The van der Waals surface area contributed by atoms with Crippen LogP contribution in [0.5, 0.6) is 0 Å². The summed E-state index contributed by atoms with van der Waals surface area (Å²) in [4.78, 5) is 12.2. The highest BCUT2D eigenvalue weighted by atomic mass is 16.5. The second kappa shape index (κ2) is 5.40. The zero-order valence-corrected chi connectivity index (χ0v) is 10.9. The summed E-state index contributed by atoms with van der Waals surface area (Å²) in [5, 5.41) is 2.96. The van der Waals surface area contributed by atoms with Gasteiger partial charge in [-0.25, -0.2) is 0 Å². The molecule has 18 heavy (non-hydrogen) atoms. The maximum atomic E-state index is 12.2. The molecule has 3 N–H and O–H groups in total. The van der Waals surface area contributed by atoms with E-state index in [0.717, 1.165) is 24.1 Å². The Hall–Kier alpha value is -1.55. The Morgan fingerprint density at radius 3 is 3.06 bits per heavy atom. The van der Waals surface area contributed by atoms with Crippen LogP contribution in [-0.2, 0) is 9.53 Å². The van der Waals surface area contributed by atoms with Crippen LogP contribution in [0.15, 0.2) is 18.2 Å². The number of carbonyl (C=O) groups is 1. The van der Waals surface area contributed by atoms with Gasteiger partial charge in [-0.3, -0.25) is 4.79 Å². The van der Waals surface area contributed by atoms with Crippen LogP contribution in [0.2, 0.25) is 0 Å². The molecule has 1 saturated heterocycles. The molecular weight excluding hydrogens is 228 g/mol. The quantitative estimate of drug-likeness (QED) is 0.807. The van der Waals surface area contributed by atoms with Gasteiger partial charge in [-0.2, -0.15) is 0 Å². The number of hydrogen-bond acceptors (Lipinski definition) is 3. The molecular formula is C14H20N2O2. The lowest BCUT2D eigenvalue weighted by atomic mass is 9.98. The monoisotopic (exact) mass is 248 g/mol. The van der Waals surface area contributed by atoms with E-state index in [1.165, 1.54) is 0 Å². The third kappa shape index (κ3) is 2.48. The SMILES string of the molecule is CCC1OCCC1C(=O)Nc1cccc(N)c1C. The van der Waals surface area contributed by atoms with Crippen molar-refractivity contribution in [3.8, 4) is 0 Å². The van der Waals surface area contributed by atoms with Gasteiger partial charge in [0.1, 0.15) is 0 Å². The van der Waals surface area contributed by atoms with Gasteiger partial charge >= 0.3 is 0 Å². The van der Waals surface area contributed by atoms with Gasteiger partial charge < -0.3 is 15.8 Å². The van der Waals surface area contributed by atoms with E-state index in [0.29, 0.717) is 12.3 Å². The maximum Gasteiger partial charge on any atom is 0.230 e. The standard InChI is InChI=1S/C14H20N2O2/c1-3-13-10(7-8-18-13)14(17)16-12-6-4-5-11(15)9(12)2/h4-6,10,13H,3,7-8,15H2,1-2H3,(H,16,17). The number of rotatable bonds is 3. The topological polar surface area (TPSA) is 64.3 Å². The molecule has 1 heterocycles. The Labute approximate surface area is 108 Å². The van der Waals surface area contributed by atoms with Crippen LogP contribution >= 0.6 is 0 Å². The molecule has 4 nitrogen and oxygen atoms in total. The number of carbonyl (C=O) groups excluding carboxylic acids is 1. The number of anilines is 2. The molecule has 1 aliphatic heterocycles. The van der Waals surface area contributed by atoms with Crippen LogP contribution in [0.1, 0.15) is 25.3 Å². The molecule has 1 aromatic rings. The maximum absolute atomic E-state index is 12.2. The molecule has 1 amide bonds. The molecule has 0 bridgehead atoms. The first-order valence-electron chi connectivity index (χ1n) is 6.41. The second-order valence-electron chi connectivity index (χ2n) is 4.72. The summed E-state index contributed by atoms with van der Waals surface area (Å²) in [5.41, 5.74) is 8.23. The minimum Gasteiger partial charge on any atom is -0.398 e. The fraction of sp³-hybridized carbons (Fsp3) is 0.500. The smallest absolute Gasteiger partial charge is 0.230 e.